The van der Waals surface area contributed by atoms with E-state index in [9.17, 15) is 18.0 Å². The molecule has 3 heterocycles. The van der Waals surface area contributed by atoms with E-state index in [1.165, 1.54) is 18.5 Å². The molecule has 3 aromatic heterocycles. The summed E-state index contributed by atoms with van der Waals surface area (Å²) in [5.74, 6) is 0.252. The number of aromatic nitrogens is 6. The van der Waals surface area contributed by atoms with Crippen LogP contribution in [0.2, 0.25) is 0 Å². The SMILES string of the molecule is Cc1ccc(NC(=O)c2cccc(C(F)(F)F)c2)c(Nc2nc3ccccc3n2-c2ncnc3[nH]ncc23)c1. The van der Waals surface area contributed by atoms with Crippen molar-refractivity contribution < 1.29 is 18.0 Å². The molecule has 9 nitrogen and oxygen atoms in total. The first-order valence-corrected chi connectivity index (χ1v) is 11.8. The maximum absolute atomic E-state index is 13.2. The van der Waals surface area contributed by atoms with E-state index < -0.39 is 17.6 Å². The van der Waals surface area contributed by atoms with Gasteiger partial charge < -0.3 is 10.6 Å². The lowest BCUT2D eigenvalue weighted by Crippen LogP contribution is -2.15. The largest absolute Gasteiger partial charge is 0.416 e. The van der Waals surface area contributed by atoms with Crippen molar-refractivity contribution in [3.8, 4) is 5.82 Å². The smallest absolute Gasteiger partial charge is 0.323 e. The Morgan fingerprint density at radius 2 is 1.82 bits per heavy atom. The van der Waals surface area contributed by atoms with Gasteiger partial charge in [-0.2, -0.15) is 18.3 Å². The van der Waals surface area contributed by atoms with Gasteiger partial charge in [0.15, 0.2) is 11.5 Å². The molecule has 12 heteroatoms. The Kier molecular flexibility index (Phi) is 5.71. The van der Waals surface area contributed by atoms with Crippen molar-refractivity contribution >= 4 is 45.3 Å². The first-order valence-electron chi connectivity index (χ1n) is 11.8. The van der Waals surface area contributed by atoms with Crippen LogP contribution in [0.1, 0.15) is 21.5 Å². The highest BCUT2D eigenvalue weighted by atomic mass is 19.4. The van der Waals surface area contributed by atoms with Gasteiger partial charge in [-0.25, -0.2) is 15.0 Å². The van der Waals surface area contributed by atoms with Crippen LogP contribution in [-0.2, 0) is 6.18 Å². The summed E-state index contributed by atoms with van der Waals surface area (Å²) in [4.78, 5) is 26.4. The third-order valence-electron chi connectivity index (χ3n) is 6.12. The number of benzene rings is 3. The number of hydrogen-bond acceptors (Lipinski definition) is 6. The van der Waals surface area contributed by atoms with Crippen molar-refractivity contribution in [3.63, 3.8) is 0 Å². The van der Waals surface area contributed by atoms with Crippen LogP contribution in [0.15, 0.2) is 79.3 Å². The molecule has 0 saturated carbocycles. The van der Waals surface area contributed by atoms with Gasteiger partial charge in [0.2, 0.25) is 5.95 Å². The van der Waals surface area contributed by atoms with Gasteiger partial charge in [-0.1, -0.05) is 24.3 Å². The number of alkyl halides is 3. The number of halogens is 3. The van der Waals surface area contributed by atoms with Crippen LogP contribution in [0, 0.1) is 6.92 Å². The lowest BCUT2D eigenvalue weighted by Gasteiger charge is -2.16. The fourth-order valence-corrected chi connectivity index (χ4v) is 4.28. The van der Waals surface area contributed by atoms with Gasteiger partial charge in [0.05, 0.1) is 39.6 Å². The van der Waals surface area contributed by atoms with E-state index in [4.69, 9.17) is 4.98 Å². The predicted octanol–water partition coefficient (Wildman–Crippen LogP) is 6.01. The molecular weight excluding hydrogens is 509 g/mol. The summed E-state index contributed by atoms with van der Waals surface area (Å²) >= 11 is 0. The van der Waals surface area contributed by atoms with E-state index in [0.29, 0.717) is 39.7 Å². The highest BCUT2D eigenvalue weighted by Crippen LogP contribution is 2.33. The lowest BCUT2D eigenvalue weighted by atomic mass is 10.1. The molecular formula is C27H19F3N8O. The quantitative estimate of drug-likeness (QED) is 0.252. The van der Waals surface area contributed by atoms with Crippen LogP contribution in [0.25, 0.3) is 27.9 Å². The lowest BCUT2D eigenvalue weighted by molar-refractivity contribution is -0.137. The number of nitrogens with zero attached hydrogens (tertiary/aromatic N) is 5. The number of aryl methyl sites for hydroxylation is 1. The predicted molar refractivity (Wildman–Crippen MR) is 140 cm³/mol. The second-order valence-electron chi connectivity index (χ2n) is 8.80. The second-order valence-corrected chi connectivity index (χ2v) is 8.80. The number of hydrogen-bond donors (Lipinski definition) is 3. The summed E-state index contributed by atoms with van der Waals surface area (Å²) in [7, 11) is 0. The molecule has 0 fully saturated rings. The molecule has 0 unspecified atom stereocenters. The number of H-pyrrole nitrogens is 1. The van der Waals surface area contributed by atoms with Crippen molar-refractivity contribution in [2.45, 2.75) is 13.1 Å². The molecule has 1 amide bonds. The van der Waals surface area contributed by atoms with Crippen LogP contribution < -0.4 is 10.6 Å². The van der Waals surface area contributed by atoms with E-state index in [1.54, 1.807) is 24.4 Å². The molecule has 6 rings (SSSR count). The summed E-state index contributed by atoms with van der Waals surface area (Å²) in [6, 6.07) is 17.0. The van der Waals surface area contributed by atoms with Crippen LogP contribution in [0.3, 0.4) is 0 Å². The van der Waals surface area contributed by atoms with Gasteiger partial charge in [0.25, 0.3) is 5.91 Å². The number of fused-ring (bicyclic) bond motifs is 2. The number of rotatable bonds is 5. The van der Waals surface area contributed by atoms with Gasteiger partial charge in [0.1, 0.15) is 6.33 Å². The fraction of sp³-hybridized carbons (Fsp3) is 0.0741. The molecule has 3 N–H and O–H groups in total. The maximum Gasteiger partial charge on any atom is 0.416 e. The van der Waals surface area contributed by atoms with Crippen molar-refractivity contribution in [2.24, 2.45) is 0 Å². The Hall–Kier alpha value is -5.26. The number of carbonyl (C=O) groups is 1. The molecule has 6 aromatic rings. The monoisotopic (exact) mass is 528 g/mol. The van der Waals surface area contributed by atoms with Gasteiger partial charge in [0, 0.05) is 5.56 Å². The molecule has 0 bridgehead atoms. The van der Waals surface area contributed by atoms with E-state index in [0.717, 1.165) is 23.2 Å². The number of aromatic amines is 1. The van der Waals surface area contributed by atoms with Gasteiger partial charge >= 0.3 is 6.18 Å². The topological polar surface area (TPSA) is 113 Å². The molecule has 194 valence electrons. The number of imidazole rings is 1. The average molecular weight is 528 g/mol. The van der Waals surface area contributed by atoms with E-state index in [1.807, 2.05) is 35.8 Å². The van der Waals surface area contributed by atoms with Crippen LogP contribution in [-0.4, -0.2) is 35.6 Å². The highest BCUT2D eigenvalue weighted by Gasteiger charge is 2.31. The number of amides is 1. The number of para-hydroxylation sites is 2. The summed E-state index contributed by atoms with van der Waals surface area (Å²) in [6.07, 6.45) is -1.52. The maximum atomic E-state index is 13.2. The zero-order valence-corrected chi connectivity index (χ0v) is 20.3. The zero-order chi connectivity index (χ0) is 27.1. The standard InChI is InChI=1S/C27H19F3N8O/c1-15-9-10-19(34-25(39)16-5-4-6-17(12-16)27(28,29)30)21(11-15)36-26-35-20-7-2-3-8-22(20)38(26)24-18-13-33-37-23(18)31-14-32-24/h2-14H,1H3,(H,34,39)(H,35,36)(H,31,32,33,37). The Morgan fingerprint density at radius 1 is 0.974 bits per heavy atom. The molecule has 0 aliphatic rings. The third kappa shape index (κ3) is 4.52. The molecule has 0 aliphatic carbocycles. The summed E-state index contributed by atoms with van der Waals surface area (Å²) in [6.45, 7) is 1.88. The summed E-state index contributed by atoms with van der Waals surface area (Å²) in [5.41, 5.74) is 2.72. The highest BCUT2D eigenvalue weighted by molar-refractivity contribution is 6.06. The molecule has 0 aliphatic heterocycles. The average Bonchev–Trinajstić information content (AvgIpc) is 3.54. The summed E-state index contributed by atoms with van der Waals surface area (Å²) in [5, 5.41) is 13.6. The van der Waals surface area contributed by atoms with E-state index in [2.05, 4.69) is 30.8 Å². The Bertz CT molecular complexity index is 1860. The minimum atomic E-state index is -4.56. The van der Waals surface area contributed by atoms with E-state index in [-0.39, 0.29) is 5.56 Å². The molecule has 0 radical (unpaired) electrons. The minimum absolute atomic E-state index is 0.119. The fourth-order valence-electron chi connectivity index (χ4n) is 4.28. The van der Waals surface area contributed by atoms with Crippen molar-refractivity contribution in [3.05, 3.63) is 95.9 Å². The first kappa shape index (κ1) is 24.1. The van der Waals surface area contributed by atoms with Gasteiger partial charge in [-0.05, 0) is 55.0 Å². The Labute approximate surface area is 218 Å². The van der Waals surface area contributed by atoms with Crippen LogP contribution in [0.4, 0.5) is 30.5 Å². The number of carbonyl (C=O) groups excluding carboxylic acids is 1. The third-order valence-corrected chi connectivity index (χ3v) is 6.12. The molecule has 3 aromatic carbocycles. The van der Waals surface area contributed by atoms with E-state index >= 15 is 0 Å². The first-order chi connectivity index (χ1) is 18.8. The van der Waals surface area contributed by atoms with Gasteiger partial charge in [-0.3, -0.25) is 14.5 Å². The molecule has 39 heavy (non-hydrogen) atoms. The summed E-state index contributed by atoms with van der Waals surface area (Å²) < 4.78 is 41.4. The normalized spacial score (nSPS) is 11.7. The van der Waals surface area contributed by atoms with Gasteiger partial charge in [-0.15, -0.1) is 0 Å². The number of nitrogens with one attached hydrogen (secondary N) is 3. The van der Waals surface area contributed by atoms with Crippen LogP contribution in [0.5, 0.6) is 0 Å². The Morgan fingerprint density at radius 3 is 2.67 bits per heavy atom. The molecule has 0 atom stereocenters. The molecule has 0 spiro atoms. The minimum Gasteiger partial charge on any atom is -0.323 e. The van der Waals surface area contributed by atoms with Crippen LogP contribution >= 0.6 is 0 Å². The van der Waals surface area contributed by atoms with Crippen molar-refractivity contribution in [1.29, 1.82) is 0 Å². The second kappa shape index (κ2) is 9.24. The van der Waals surface area contributed by atoms with Crippen molar-refractivity contribution in [2.75, 3.05) is 10.6 Å². The number of anilines is 3. The zero-order valence-electron chi connectivity index (χ0n) is 20.3. The van der Waals surface area contributed by atoms with Crippen molar-refractivity contribution in [1.82, 2.24) is 29.7 Å². The molecule has 0 saturated heterocycles. The Balaban J connectivity index is 1.41.